The summed E-state index contributed by atoms with van der Waals surface area (Å²) in [6, 6.07) is 32.9. The molecular formula is C33H38F6N3O5P. The largest absolute Gasteiger partial charge is 0.542 e. The number of unbranched alkanes of at least 4 members (excludes halogenated alkanes) is 2. The van der Waals surface area contributed by atoms with Crippen LogP contribution in [0.5, 0.6) is 0 Å². The number of ketones is 1. The molecule has 15 heteroatoms. The van der Waals surface area contributed by atoms with E-state index < -0.39 is 31.6 Å². The van der Waals surface area contributed by atoms with E-state index in [9.17, 15) is 31.1 Å². The van der Waals surface area contributed by atoms with E-state index in [1.54, 1.807) is 11.9 Å². The van der Waals surface area contributed by atoms with Crippen molar-refractivity contribution in [1.29, 1.82) is 5.41 Å². The minimum atomic E-state index is -5.19. The number of carbonyl (C=O) groups is 3. The number of carboxylic acid groups (broad SMARTS) is 2. The second-order valence-electron chi connectivity index (χ2n) is 10.4. The van der Waals surface area contributed by atoms with Crippen molar-refractivity contribution >= 4 is 46.9 Å². The highest BCUT2D eigenvalue weighted by molar-refractivity contribution is 7.95. The number of hydrogen-bond acceptors (Lipinski definition) is 5. The van der Waals surface area contributed by atoms with E-state index in [1.165, 1.54) is 15.9 Å². The van der Waals surface area contributed by atoms with Gasteiger partial charge in [-0.3, -0.25) is 10.2 Å². The summed E-state index contributed by atoms with van der Waals surface area (Å²) in [4.78, 5) is 31.7. The lowest BCUT2D eigenvalue weighted by Gasteiger charge is -2.27. The molecule has 0 unspecified atom stereocenters. The second kappa shape index (κ2) is 20.0. The maximum atomic E-state index is 12.3. The molecule has 0 heterocycles. The van der Waals surface area contributed by atoms with Crippen LogP contribution >= 0.6 is 7.26 Å². The molecule has 4 N–H and O–H groups in total. The van der Waals surface area contributed by atoms with Gasteiger partial charge in [0.2, 0.25) is 0 Å². The number of rotatable bonds is 13. The Labute approximate surface area is 275 Å². The van der Waals surface area contributed by atoms with Gasteiger partial charge in [-0.1, -0.05) is 54.6 Å². The summed E-state index contributed by atoms with van der Waals surface area (Å²) in [5.41, 5.74) is 5.45. The van der Waals surface area contributed by atoms with Crippen LogP contribution < -0.4 is 26.8 Å². The Morgan fingerprint density at radius 2 is 1.08 bits per heavy atom. The molecule has 0 amide bonds. The van der Waals surface area contributed by atoms with Crippen molar-refractivity contribution in [2.24, 2.45) is 5.73 Å². The smallest absolute Gasteiger partial charge is 0.490 e. The summed E-state index contributed by atoms with van der Waals surface area (Å²) < 4.78 is 63.3. The zero-order valence-corrected chi connectivity index (χ0v) is 27.0. The third kappa shape index (κ3) is 14.5. The molecule has 262 valence electrons. The summed E-state index contributed by atoms with van der Waals surface area (Å²) in [6.07, 6.45) is -4.16. The van der Waals surface area contributed by atoms with Crippen LogP contribution in [-0.4, -0.2) is 65.8 Å². The lowest BCUT2D eigenvalue weighted by Crippen LogP contribution is -2.37. The van der Waals surface area contributed by atoms with Crippen LogP contribution in [0.25, 0.3) is 0 Å². The Morgan fingerprint density at radius 3 is 1.40 bits per heavy atom. The Morgan fingerprint density at radius 1 is 0.729 bits per heavy atom. The Balaban J connectivity index is 0.000000687. The van der Waals surface area contributed by atoms with Gasteiger partial charge in [-0.2, -0.15) is 26.3 Å². The minimum absolute atomic E-state index is 0.0505. The van der Waals surface area contributed by atoms with Crippen LogP contribution in [0, 0.1) is 5.41 Å². The molecule has 0 aliphatic carbocycles. The summed E-state index contributed by atoms with van der Waals surface area (Å²) in [7, 11) is 0.00843. The van der Waals surface area contributed by atoms with Crippen molar-refractivity contribution in [3.05, 3.63) is 91.0 Å². The average molecular weight is 702 g/mol. The normalized spacial score (nSPS) is 11.2. The Hall–Kier alpha value is -4.45. The number of benzene rings is 3. The van der Waals surface area contributed by atoms with Crippen molar-refractivity contribution in [2.45, 2.75) is 50.9 Å². The number of guanidine groups is 1. The van der Waals surface area contributed by atoms with Crippen LogP contribution in [-0.2, 0) is 14.4 Å². The fourth-order valence-corrected chi connectivity index (χ4v) is 8.90. The molecule has 0 spiro atoms. The van der Waals surface area contributed by atoms with Crippen LogP contribution in [0.2, 0.25) is 0 Å². The lowest BCUT2D eigenvalue weighted by molar-refractivity contribution is -0.344. The molecule has 8 nitrogen and oxygen atoms in total. The molecular weight excluding hydrogens is 663 g/mol. The predicted molar refractivity (Wildman–Crippen MR) is 172 cm³/mol. The first-order valence-corrected chi connectivity index (χ1v) is 16.6. The van der Waals surface area contributed by atoms with Crippen molar-refractivity contribution in [2.75, 3.05) is 19.8 Å². The van der Waals surface area contributed by atoms with Crippen molar-refractivity contribution in [1.82, 2.24) is 4.90 Å². The molecule has 0 radical (unpaired) electrons. The Kier molecular flexibility index (Phi) is 17.4. The summed E-state index contributed by atoms with van der Waals surface area (Å²) in [6.45, 7) is 0.652. The molecule has 0 fully saturated rings. The molecule has 0 aliphatic rings. The predicted octanol–water partition coefficient (Wildman–Crippen LogP) is 4.65. The SMILES string of the molecule is CN(CCCC(=O)CCCCC[P+](c1ccccc1)(c1ccccc1)c1ccccc1)C(=N)N.O=C(O)C(F)(F)F.O=C([O-])C(F)(F)F. The molecule has 48 heavy (non-hydrogen) atoms. The molecule has 3 aromatic rings. The highest BCUT2D eigenvalue weighted by Gasteiger charge is 2.44. The van der Waals surface area contributed by atoms with Gasteiger partial charge >= 0.3 is 18.3 Å². The first kappa shape index (κ1) is 41.6. The van der Waals surface area contributed by atoms with Gasteiger partial charge in [0.25, 0.3) is 0 Å². The summed E-state index contributed by atoms with van der Waals surface area (Å²) in [5, 5.41) is 27.6. The van der Waals surface area contributed by atoms with E-state index in [1.807, 2.05) is 0 Å². The second-order valence-corrected chi connectivity index (χ2v) is 14.0. The van der Waals surface area contributed by atoms with Gasteiger partial charge in [-0.15, -0.1) is 0 Å². The minimum Gasteiger partial charge on any atom is -0.542 e. The number of hydrogen-bond donors (Lipinski definition) is 3. The zero-order valence-electron chi connectivity index (χ0n) is 26.1. The van der Waals surface area contributed by atoms with Gasteiger partial charge in [0.05, 0.1) is 6.16 Å². The number of halogens is 6. The topological polar surface area (TPSA) is 148 Å². The van der Waals surface area contributed by atoms with E-state index >= 15 is 0 Å². The average Bonchev–Trinajstić information content (AvgIpc) is 3.03. The fraction of sp³-hybridized carbons (Fsp3) is 0.333. The molecule has 0 aromatic heterocycles. The molecule has 0 aliphatic heterocycles. The molecule has 0 bridgehead atoms. The third-order valence-electron chi connectivity index (χ3n) is 6.87. The van der Waals surface area contributed by atoms with Gasteiger partial charge in [-0.05, 0) is 62.1 Å². The number of nitrogens with one attached hydrogen (secondary N) is 1. The molecule has 0 saturated carbocycles. The first-order chi connectivity index (χ1) is 22.4. The van der Waals surface area contributed by atoms with E-state index in [4.69, 9.17) is 30.9 Å². The van der Waals surface area contributed by atoms with Crippen molar-refractivity contribution in [3.8, 4) is 0 Å². The summed E-state index contributed by atoms with van der Waals surface area (Å²) in [5.74, 6) is -5.40. The van der Waals surface area contributed by atoms with Crippen LogP contribution in [0.3, 0.4) is 0 Å². The van der Waals surface area contributed by atoms with Gasteiger partial charge in [0, 0.05) is 26.4 Å². The van der Waals surface area contributed by atoms with Crippen LogP contribution in [0.4, 0.5) is 26.3 Å². The highest BCUT2D eigenvalue weighted by Crippen LogP contribution is 2.56. The van der Waals surface area contributed by atoms with E-state index in [0.717, 1.165) is 31.8 Å². The number of Topliss-reactive ketones (excluding diaryl/α,β-unsaturated/α-hetero) is 1. The van der Waals surface area contributed by atoms with E-state index in [-0.39, 0.29) is 5.96 Å². The number of alkyl halides is 6. The third-order valence-corrected chi connectivity index (χ3v) is 11.4. The van der Waals surface area contributed by atoms with Crippen LogP contribution in [0.1, 0.15) is 38.5 Å². The van der Waals surface area contributed by atoms with Gasteiger partial charge in [0.15, 0.2) is 5.96 Å². The maximum absolute atomic E-state index is 12.3. The number of nitrogens with two attached hydrogens (primary N) is 1. The van der Waals surface area contributed by atoms with E-state index in [0.29, 0.717) is 25.2 Å². The number of nitrogens with zero attached hydrogens (tertiary/aromatic N) is 1. The van der Waals surface area contributed by atoms with E-state index in [2.05, 4.69) is 91.0 Å². The van der Waals surface area contributed by atoms with Gasteiger partial charge in [0.1, 0.15) is 34.9 Å². The standard InChI is InChI=1S/C29H37N3OP.2C2HF3O2/c1-32(29(30)31)23-14-16-25(33)15-6-5-13-24-34(26-17-7-2-8-18-26,27-19-9-3-10-20-27)28-21-11-4-12-22-28;2*3-2(4,5)1(6)7/h2-4,7-12,17-22H,5-6,13-16,23-24H2,1H3,(H3,30,31);2*(H,6,7)/q+1;;/p-1. The van der Waals surface area contributed by atoms with Gasteiger partial charge < -0.3 is 25.6 Å². The van der Waals surface area contributed by atoms with Crippen molar-refractivity contribution in [3.63, 3.8) is 0 Å². The fourth-order valence-electron chi connectivity index (χ4n) is 4.49. The van der Waals surface area contributed by atoms with Crippen molar-refractivity contribution < 1.29 is 50.9 Å². The summed E-state index contributed by atoms with van der Waals surface area (Å²) >= 11 is 0. The molecule has 3 aromatic carbocycles. The number of carboxylic acids is 2. The Bertz CT molecular complexity index is 1310. The molecule has 0 atom stereocenters. The monoisotopic (exact) mass is 701 g/mol. The number of aliphatic carboxylic acids is 2. The highest BCUT2D eigenvalue weighted by atomic mass is 31.2. The van der Waals surface area contributed by atoms with Crippen LogP contribution in [0.15, 0.2) is 91.0 Å². The first-order valence-electron chi connectivity index (χ1n) is 14.6. The molecule has 3 rings (SSSR count). The molecule has 0 saturated heterocycles. The quantitative estimate of drug-likeness (QED) is 0.0773. The zero-order chi connectivity index (χ0) is 36.4. The van der Waals surface area contributed by atoms with Gasteiger partial charge in [-0.25, -0.2) is 4.79 Å². The lowest BCUT2D eigenvalue weighted by atomic mass is 10.1. The number of carbonyl (C=O) groups excluding carboxylic acids is 2. The maximum Gasteiger partial charge on any atom is 0.490 e.